The first-order chi connectivity index (χ1) is 17.8. The highest BCUT2D eigenvalue weighted by molar-refractivity contribution is 6.00. The lowest BCUT2D eigenvalue weighted by Gasteiger charge is -2.34. The molecule has 0 bridgehead atoms. The molecule has 2 fully saturated rings. The van der Waals surface area contributed by atoms with E-state index in [9.17, 15) is 4.79 Å². The number of carbonyl (C=O) groups is 1. The van der Waals surface area contributed by atoms with E-state index in [1.807, 2.05) is 18.7 Å². The molecule has 1 aromatic carbocycles. The van der Waals surface area contributed by atoms with E-state index in [2.05, 4.69) is 61.0 Å². The lowest BCUT2D eigenvalue weighted by molar-refractivity contribution is -0.136. The van der Waals surface area contributed by atoms with Crippen LogP contribution in [-0.2, 0) is 9.53 Å². The van der Waals surface area contributed by atoms with Crippen LogP contribution in [0, 0.1) is 5.41 Å². The minimum absolute atomic E-state index is 0.239. The Morgan fingerprint density at radius 1 is 1.19 bits per heavy atom. The average molecular weight is 505 g/mol. The van der Waals surface area contributed by atoms with Crippen LogP contribution in [0.4, 0.5) is 0 Å². The second kappa shape index (κ2) is 12.2. The first-order valence-corrected chi connectivity index (χ1v) is 14.0. The Balaban J connectivity index is 1.51. The highest BCUT2D eigenvalue weighted by Crippen LogP contribution is 2.37. The molecule has 0 saturated carbocycles. The predicted octanol–water partition coefficient (Wildman–Crippen LogP) is 6.11. The number of morpholine rings is 1. The predicted molar refractivity (Wildman–Crippen MR) is 154 cm³/mol. The van der Waals surface area contributed by atoms with Crippen LogP contribution in [0.25, 0.3) is 16.5 Å². The highest BCUT2D eigenvalue weighted by atomic mass is 16.5. The number of nitrogens with zero attached hydrogens (tertiary/aromatic N) is 2. The number of benzene rings is 1. The van der Waals surface area contributed by atoms with E-state index in [0.29, 0.717) is 37.3 Å². The summed E-state index contributed by atoms with van der Waals surface area (Å²) < 4.78 is 5.38. The number of aromatic nitrogens is 1. The number of ether oxygens (including phenoxy) is 1. The molecule has 2 saturated heterocycles. The Kier molecular flexibility index (Phi) is 9.04. The van der Waals surface area contributed by atoms with Gasteiger partial charge in [-0.05, 0) is 98.5 Å². The standard InChI is InChI=1S/C31H44N4O2/c1-6-23(18-22(5)27(32)7-2)31-30(21(3)4)26-19-25(8-9-28(26)33-31)24-10-12-34(13-11-24)20-29(36)35-14-16-37-17-15-35/h6,8-9,18-19,21,24,32-33H,7,10-17,20H2,1-5H3/b22-18-,23-6+,32-27?. The zero-order valence-corrected chi connectivity index (χ0v) is 23.3. The maximum atomic E-state index is 12.7. The van der Waals surface area contributed by atoms with Gasteiger partial charge in [-0.15, -0.1) is 0 Å². The zero-order chi connectivity index (χ0) is 26.5. The Bertz CT molecular complexity index is 1180. The van der Waals surface area contributed by atoms with E-state index in [0.717, 1.165) is 56.6 Å². The van der Waals surface area contributed by atoms with Crippen molar-refractivity contribution in [2.45, 2.75) is 65.7 Å². The van der Waals surface area contributed by atoms with Gasteiger partial charge in [-0.3, -0.25) is 9.69 Å². The molecule has 200 valence electrons. The van der Waals surface area contributed by atoms with E-state index in [-0.39, 0.29) is 5.91 Å². The molecule has 4 rings (SSSR count). The van der Waals surface area contributed by atoms with Gasteiger partial charge in [0.2, 0.25) is 5.91 Å². The summed E-state index contributed by atoms with van der Waals surface area (Å²) in [7, 11) is 0. The molecule has 2 aliphatic rings. The summed E-state index contributed by atoms with van der Waals surface area (Å²) in [6.07, 6.45) is 7.20. The van der Waals surface area contributed by atoms with Gasteiger partial charge in [0.15, 0.2) is 0 Å². The molecule has 6 heteroatoms. The SMILES string of the molecule is C/C=C(\C=C(\C)C(=N)CC)c1[nH]c2ccc(C3CCN(CC(=O)N4CCOCC4)CC3)cc2c1C(C)C. The average Bonchev–Trinajstić information content (AvgIpc) is 3.30. The fourth-order valence-corrected chi connectivity index (χ4v) is 5.74. The summed E-state index contributed by atoms with van der Waals surface area (Å²) in [5.74, 6) is 1.13. The largest absolute Gasteiger partial charge is 0.378 e. The van der Waals surface area contributed by atoms with Crippen molar-refractivity contribution in [2.75, 3.05) is 45.9 Å². The third-order valence-corrected chi connectivity index (χ3v) is 8.02. The first kappa shape index (κ1) is 27.3. The fraction of sp³-hybridized carbons (Fsp3) is 0.548. The van der Waals surface area contributed by atoms with Gasteiger partial charge in [0.1, 0.15) is 0 Å². The van der Waals surface area contributed by atoms with Crippen molar-refractivity contribution in [3.05, 3.63) is 52.7 Å². The normalized spacial score (nSPS) is 18.7. The number of nitrogens with one attached hydrogen (secondary N) is 2. The molecule has 0 aliphatic carbocycles. The van der Waals surface area contributed by atoms with E-state index < -0.39 is 0 Å². The maximum absolute atomic E-state index is 12.7. The lowest BCUT2D eigenvalue weighted by atomic mass is 9.87. The van der Waals surface area contributed by atoms with Crippen molar-refractivity contribution in [2.24, 2.45) is 0 Å². The molecule has 0 radical (unpaired) electrons. The quantitative estimate of drug-likeness (QED) is 0.337. The summed E-state index contributed by atoms with van der Waals surface area (Å²) in [4.78, 5) is 20.6. The molecule has 2 aliphatic heterocycles. The van der Waals surface area contributed by atoms with E-state index in [4.69, 9.17) is 10.1 Å². The summed E-state index contributed by atoms with van der Waals surface area (Å²) in [5, 5.41) is 9.54. The summed E-state index contributed by atoms with van der Waals surface area (Å²) in [5.41, 5.74) is 7.95. The lowest BCUT2D eigenvalue weighted by Crippen LogP contribution is -2.47. The molecular weight excluding hydrogens is 460 g/mol. The van der Waals surface area contributed by atoms with Crippen LogP contribution < -0.4 is 0 Å². The maximum Gasteiger partial charge on any atom is 0.236 e. The Labute approximate surface area is 222 Å². The molecule has 6 nitrogen and oxygen atoms in total. The number of hydrogen-bond donors (Lipinski definition) is 2. The van der Waals surface area contributed by atoms with Crippen LogP contribution in [0.5, 0.6) is 0 Å². The van der Waals surface area contributed by atoms with E-state index in [1.165, 1.54) is 27.7 Å². The summed E-state index contributed by atoms with van der Waals surface area (Å²) in [6, 6.07) is 6.93. The van der Waals surface area contributed by atoms with Crippen molar-refractivity contribution >= 4 is 28.1 Å². The number of amides is 1. The Hall–Kier alpha value is -2.70. The number of hydrogen-bond acceptors (Lipinski definition) is 4. The molecule has 0 spiro atoms. The molecule has 1 amide bonds. The van der Waals surface area contributed by atoms with E-state index >= 15 is 0 Å². The molecule has 2 N–H and O–H groups in total. The van der Waals surface area contributed by atoms with Gasteiger partial charge >= 0.3 is 0 Å². The molecular formula is C31H44N4O2. The highest BCUT2D eigenvalue weighted by Gasteiger charge is 2.26. The van der Waals surface area contributed by atoms with Gasteiger partial charge in [-0.1, -0.05) is 32.9 Å². The van der Waals surface area contributed by atoms with Crippen LogP contribution in [0.15, 0.2) is 35.9 Å². The van der Waals surface area contributed by atoms with Gasteiger partial charge in [0, 0.05) is 35.4 Å². The number of piperidine rings is 1. The van der Waals surface area contributed by atoms with Crippen LogP contribution in [0.2, 0.25) is 0 Å². The minimum Gasteiger partial charge on any atom is -0.378 e. The van der Waals surface area contributed by atoms with Crippen molar-refractivity contribution < 1.29 is 9.53 Å². The van der Waals surface area contributed by atoms with Crippen molar-refractivity contribution in [1.82, 2.24) is 14.8 Å². The molecule has 1 aromatic heterocycles. The second-order valence-electron chi connectivity index (χ2n) is 10.8. The fourth-order valence-electron chi connectivity index (χ4n) is 5.74. The van der Waals surface area contributed by atoms with Gasteiger partial charge in [-0.2, -0.15) is 0 Å². The topological polar surface area (TPSA) is 72.4 Å². The number of aromatic amines is 1. The van der Waals surface area contributed by atoms with Crippen LogP contribution in [0.3, 0.4) is 0 Å². The van der Waals surface area contributed by atoms with Crippen LogP contribution in [-0.4, -0.2) is 72.3 Å². The number of allylic oxidation sites excluding steroid dienone is 4. The monoisotopic (exact) mass is 504 g/mol. The molecule has 2 aromatic rings. The molecule has 0 unspecified atom stereocenters. The van der Waals surface area contributed by atoms with Gasteiger partial charge in [-0.25, -0.2) is 0 Å². The zero-order valence-electron chi connectivity index (χ0n) is 23.3. The number of rotatable bonds is 8. The third-order valence-electron chi connectivity index (χ3n) is 8.02. The van der Waals surface area contributed by atoms with E-state index in [1.54, 1.807) is 0 Å². The summed E-state index contributed by atoms with van der Waals surface area (Å²) in [6.45, 7) is 15.9. The van der Waals surface area contributed by atoms with Crippen LogP contribution >= 0.6 is 0 Å². The Morgan fingerprint density at radius 3 is 2.51 bits per heavy atom. The van der Waals surface area contributed by atoms with Crippen molar-refractivity contribution in [3.63, 3.8) is 0 Å². The second-order valence-corrected chi connectivity index (χ2v) is 10.8. The van der Waals surface area contributed by atoms with Crippen molar-refractivity contribution in [1.29, 1.82) is 5.41 Å². The van der Waals surface area contributed by atoms with Crippen LogP contribution in [0.1, 0.15) is 82.5 Å². The first-order valence-electron chi connectivity index (χ1n) is 14.0. The van der Waals surface area contributed by atoms with Gasteiger partial charge in [0.05, 0.1) is 19.8 Å². The number of likely N-dealkylation sites (tertiary alicyclic amines) is 1. The molecule has 0 atom stereocenters. The number of carbonyl (C=O) groups excluding carboxylic acids is 1. The minimum atomic E-state index is 0.239. The molecule has 37 heavy (non-hydrogen) atoms. The van der Waals surface area contributed by atoms with Gasteiger partial charge in [0.25, 0.3) is 0 Å². The van der Waals surface area contributed by atoms with Crippen molar-refractivity contribution in [3.8, 4) is 0 Å². The van der Waals surface area contributed by atoms with Gasteiger partial charge < -0.3 is 20.0 Å². The number of H-pyrrole nitrogens is 1. The number of fused-ring (bicyclic) bond motifs is 1. The summed E-state index contributed by atoms with van der Waals surface area (Å²) >= 11 is 0. The molecule has 3 heterocycles. The third kappa shape index (κ3) is 6.24. The smallest absolute Gasteiger partial charge is 0.236 e. The Morgan fingerprint density at radius 2 is 1.89 bits per heavy atom.